The maximum absolute atomic E-state index is 13.9. The van der Waals surface area contributed by atoms with Crippen molar-refractivity contribution in [2.75, 3.05) is 26.3 Å². The van der Waals surface area contributed by atoms with Crippen molar-refractivity contribution in [2.45, 2.75) is 74.6 Å². The normalized spacial score (nSPS) is 20.4. The lowest BCUT2D eigenvalue weighted by atomic mass is 9.86. The van der Waals surface area contributed by atoms with E-state index < -0.39 is 45.5 Å². The van der Waals surface area contributed by atoms with E-state index in [0.717, 1.165) is 55.7 Å². The van der Waals surface area contributed by atoms with Crippen LogP contribution in [0.3, 0.4) is 0 Å². The minimum Gasteiger partial charge on any atom is -0.486 e. The molecule has 0 radical (unpaired) electrons. The van der Waals surface area contributed by atoms with Gasteiger partial charge in [-0.05, 0) is 74.0 Å². The molecule has 3 aliphatic rings. The summed E-state index contributed by atoms with van der Waals surface area (Å²) in [6, 6.07) is 6.69. The molecule has 2 atom stereocenters. The molecule has 1 amide bonds. The standard InChI is InChI=1S/C28H34F3N3O5S/c29-28(30,31)26(33-40(36,37)21-8-10-24-25(16-21)39-14-13-38-24)17-27(35)32-23-6-4-5-20-15-19(7-9-22(20)23)18-34-11-2-1-3-12-34/h7-10,15-16,23,26,33H,1-6,11-14,17-18H2,(H,32,35)/t23-,26?/m1/s1. The lowest BCUT2D eigenvalue weighted by Gasteiger charge is -2.30. The molecule has 12 heteroatoms. The Morgan fingerprint density at radius 3 is 2.50 bits per heavy atom. The van der Waals surface area contributed by atoms with E-state index in [-0.39, 0.29) is 19.0 Å². The molecule has 2 aromatic rings. The Kier molecular flexibility index (Phi) is 8.58. The molecule has 218 valence electrons. The molecule has 8 nitrogen and oxygen atoms in total. The molecule has 2 aromatic carbocycles. The Labute approximate surface area is 232 Å². The highest BCUT2D eigenvalue weighted by molar-refractivity contribution is 7.89. The first-order valence-corrected chi connectivity index (χ1v) is 15.2. The van der Waals surface area contributed by atoms with E-state index >= 15 is 0 Å². The van der Waals surface area contributed by atoms with Gasteiger partial charge >= 0.3 is 6.18 Å². The molecule has 40 heavy (non-hydrogen) atoms. The summed E-state index contributed by atoms with van der Waals surface area (Å²) in [5.41, 5.74) is 3.19. The Balaban J connectivity index is 1.25. The predicted molar refractivity (Wildman–Crippen MR) is 142 cm³/mol. The number of carbonyl (C=O) groups is 1. The first-order valence-electron chi connectivity index (χ1n) is 13.7. The average Bonchev–Trinajstić information content (AvgIpc) is 2.92. The third-order valence-corrected chi connectivity index (χ3v) is 9.09. The fourth-order valence-electron chi connectivity index (χ4n) is 5.60. The zero-order valence-electron chi connectivity index (χ0n) is 22.1. The van der Waals surface area contributed by atoms with Crippen molar-refractivity contribution in [1.82, 2.24) is 14.9 Å². The quantitative estimate of drug-likeness (QED) is 0.484. The number of piperidine rings is 1. The molecule has 0 saturated carbocycles. The van der Waals surface area contributed by atoms with E-state index in [1.54, 1.807) is 4.72 Å². The van der Waals surface area contributed by atoms with Crippen LogP contribution in [0.15, 0.2) is 41.3 Å². The lowest BCUT2D eigenvalue weighted by Crippen LogP contribution is -2.48. The van der Waals surface area contributed by atoms with Crippen LogP contribution >= 0.6 is 0 Å². The molecule has 1 unspecified atom stereocenters. The Morgan fingerprint density at radius 2 is 1.75 bits per heavy atom. The first kappa shape index (κ1) is 28.7. The number of rotatable bonds is 8. The second kappa shape index (κ2) is 12.0. The second-order valence-corrected chi connectivity index (χ2v) is 12.3. The van der Waals surface area contributed by atoms with E-state index in [1.807, 2.05) is 12.1 Å². The number of amides is 1. The van der Waals surface area contributed by atoms with E-state index in [9.17, 15) is 26.4 Å². The molecule has 0 spiro atoms. The zero-order valence-corrected chi connectivity index (χ0v) is 23.0. The monoisotopic (exact) mass is 581 g/mol. The van der Waals surface area contributed by atoms with Gasteiger partial charge in [0.25, 0.3) is 0 Å². The third-order valence-electron chi connectivity index (χ3n) is 7.62. The van der Waals surface area contributed by atoms with E-state index in [2.05, 4.69) is 16.3 Å². The number of hydrogen-bond donors (Lipinski definition) is 2. The molecule has 2 N–H and O–H groups in total. The van der Waals surface area contributed by atoms with Gasteiger partial charge in [-0.1, -0.05) is 24.6 Å². The average molecular weight is 582 g/mol. The third kappa shape index (κ3) is 6.90. The maximum Gasteiger partial charge on any atom is 0.405 e. The van der Waals surface area contributed by atoms with E-state index in [1.165, 1.54) is 30.9 Å². The SMILES string of the molecule is O=C(CC(NS(=O)(=O)c1ccc2c(c1)OCCO2)C(F)(F)F)N[C@@H]1CCCc2cc(CN3CCCCC3)ccc21. The minimum absolute atomic E-state index is 0.130. The number of sulfonamides is 1. The van der Waals surface area contributed by atoms with Crippen LogP contribution < -0.4 is 19.5 Å². The number of halogens is 3. The highest BCUT2D eigenvalue weighted by Crippen LogP contribution is 2.34. The Hall–Kier alpha value is -2.83. The van der Waals surface area contributed by atoms with Gasteiger partial charge < -0.3 is 14.8 Å². The van der Waals surface area contributed by atoms with Crippen molar-refractivity contribution >= 4 is 15.9 Å². The predicted octanol–water partition coefficient (Wildman–Crippen LogP) is 4.24. The number of ether oxygens (including phenoxy) is 2. The first-order chi connectivity index (χ1) is 19.1. The Morgan fingerprint density at radius 1 is 1.00 bits per heavy atom. The number of carbonyl (C=O) groups excluding carboxylic acids is 1. The molecule has 1 saturated heterocycles. The van der Waals surface area contributed by atoms with Gasteiger partial charge in [-0.2, -0.15) is 17.9 Å². The van der Waals surface area contributed by atoms with Gasteiger partial charge in [-0.3, -0.25) is 9.69 Å². The molecule has 2 aliphatic heterocycles. The smallest absolute Gasteiger partial charge is 0.405 e. The number of nitrogens with one attached hydrogen (secondary N) is 2. The fraction of sp³-hybridized carbons (Fsp3) is 0.536. The van der Waals surface area contributed by atoms with Crippen LogP contribution in [0.4, 0.5) is 13.2 Å². The van der Waals surface area contributed by atoms with Gasteiger partial charge in [-0.25, -0.2) is 8.42 Å². The molecule has 0 bridgehead atoms. The van der Waals surface area contributed by atoms with Crippen molar-refractivity contribution in [3.05, 3.63) is 53.1 Å². The number of fused-ring (bicyclic) bond motifs is 2. The molecule has 1 aliphatic carbocycles. The molecular formula is C28H34F3N3O5S. The number of nitrogens with zero attached hydrogens (tertiary/aromatic N) is 1. The summed E-state index contributed by atoms with van der Waals surface area (Å²) in [7, 11) is -4.61. The summed E-state index contributed by atoms with van der Waals surface area (Å²) in [6.07, 6.45) is -0.157. The number of alkyl halides is 3. The molecule has 5 rings (SSSR count). The number of benzene rings is 2. The van der Waals surface area contributed by atoms with Crippen LogP contribution in [-0.4, -0.2) is 57.7 Å². The van der Waals surface area contributed by atoms with Gasteiger partial charge in [0.05, 0.1) is 17.4 Å². The van der Waals surface area contributed by atoms with Gasteiger partial charge in [0.1, 0.15) is 19.3 Å². The molecule has 1 fully saturated rings. The van der Waals surface area contributed by atoms with Crippen LogP contribution in [0.2, 0.25) is 0 Å². The van der Waals surface area contributed by atoms with Crippen LogP contribution in [0.5, 0.6) is 11.5 Å². The van der Waals surface area contributed by atoms with Crippen LogP contribution in [0.1, 0.15) is 61.3 Å². The van der Waals surface area contributed by atoms with Crippen LogP contribution in [0, 0.1) is 0 Å². The minimum atomic E-state index is -4.98. The summed E-state index contributed by atoms with van der Waals surface area (Å²) in [4.78, 5) is 14.9. The number of likely N-dealkylation sites (tertiary alicyclic amines) is 1. The highest BCUT2D eigenvalue weighted by Gasteiger charge is 2.44. The van der Waals surface area contributed by atoms with Gasteiger partial charge in [0.2, 0.25) is 15.9 Å². The topological polar surface area (TPSA) is 97.0 Å². The highest BCUT2D eigenvalue weighted by atomic mass is 32.2. The number of aryl methyl sites for hydroxylation is 1. The molecule has 2 heterocycles. The second-order valence-electron chi connectivity index (χ2n) is 10.6. The summed E-state index contributed by atoms with van der Waals surface area (Å²) in [5, 5.41) is 2.72. The van der Waals surface area contributed by atoms with Crippen molar-refractivity contribution in [2.24, 2.45) is 0 Å². The van der Waals surface area contributed by atoms with Crippen molar-refractivity contribution in [3.8, 4) is 11.5 Å². The van der Waals surface area contributed by atoms with Crippen LogP contribution in [-0.2, 0) is 27.8 Å². The summed E-state index contributed by atoms with van der Waals surface area (Å²) in [5.74, 6) is -0.434. The van der Waals surface area contributed by atoms with E-state index in [0.29, 0.717) is 12.2 Å². The van der Waals surface area contributed by atoms with Gasteiger partial charge in [-0.15, -0.1) is 0 Å². The zero-order chi connectivity index (χ0) is 28.3. The fourth-order valence-corrected chi connectivity index (χ4v) is 6.84. The lowest BCUT2D eigenvalue weighted by molar-refractivity contribution is -0.158. The Bertz CT molecular complexity index is 1330. The molecular weight excluding hydrogens is 547 g/mol. The van der Waals surface area contributed by atoms with Gasteiger partial charge in [0, 0.05) is 12.6 Å². The molecule has 0 aromatic heterocycles. The van der Waals surface area contributed by atoms with E-state index in [4.69, 9.17) is 9.47 Å². The summed E-state index contributed by atoms with van der Waals surface area (Å²) in [6.45, 7) is 3.50. The largest absolute Gasteiger partial charge is 0.486 e. The van der Waals surface area contributed by atoms with Crippen molar-refractivity contribution in [1.29, 1.82) is 0 Å². The van der Waals surface area contributed by atoms with Gasteiger partial charge in [0.15, 0.2) is 11.5 Å². The summed E-state index contributed by atoms with van der Waals surface area (Å²) < 4.78 is 79.7. The van der Waals surface area contributed by atoms with Crippen molar-refractivity contribution in [3.63, 3.8) is 0 Å². The summed E-state index contributed by atoms with van der Waals surface area (Å²) >= 11 is 0. The maximum atomic E-state index is 13.9. The number of hydrogen-bond acceptors (Lipinski definition) is 6. The van der Waals surface area contributed by atoms with Crippen molar-refractivity contribution < 1.29 is 35.9 Å². The van der Waals surface area contributed by atoms with Crippen LogP contribution in [0.25, 0.3) is 0 Å².